The summed E-state index contributed by atoms with van der Waals surface area (Å²) in [6, 6.07) is 20.8. The maximum absolute atomic E-state index is 12.9. The van der Waals surface area contributed by atoms with Gasteiger partial charge in [-0.25, -0.2) is 4.79 Å². The van der Waals surface area contributed by atoms with Crippen molar-refractivity contribution in [1.82, 2.24) is 0 Å². The number of rotatable bonds is 10. The van der Waals surface area contributed by atoms with Crippen LogP contribution in [-0.4, -0.2) is 5.97 Å². The predicted octanol–water partition coefficient (Wildman–Crippen LogP) is 10.7. The lowest BCUT2D eigenvalue weighted by atomic mass is 9.68. The molecular weight excluding hydrogens is 476 g/mol. The summed E-state index contributed by atoms with van der Waals surface area (Å²) in [4.78, 5) is 12.9. The molecule has 3 aromatic carbocycles. The zero-order valence-electron chi connectivity index (χ0n) is 24.3. The highest BCUT2D eigenvalue weighted by Gasteiger charge is 2.31. The number of hydrogen-bond acceptors (Lipinski definition) is 2. The zero-order valence-corrected chi connectivity index (χ0v) is 24.3. The second-order valence-electron chi connectivity index (χ2n) is 12.5. The van der Waals surface area contributed by atoms with Crippen LogP contribution in [0.2, 0.25) is 0 Å². The molecule has 0 heterocycles. The normalized spacial score (nSPS) is 23.5. The Hall–Kier alpha value is -2.61. The third kappa shape index (κ3) is 7.33. The van der Waals surface area contributed by atoms with Crippen LogP contribution in [0.3, 0.4) is 0 Å². The maximum atomic E-state index is 12.9. The van der Waals surface area contributed by atoms with Crippen molar-refractivity contribution < 1.29 is 9.53 Å². The van der Waals surface area contributed by atoms with Crippen molar-refractivity contribution in [3.63, 3.8) is 0 Å². The van der Waals surface area contributed by atoms with Gasteiger partial charge < -0.3 is 4.74 Å². The quantitative estimate of drug-likeness (QED) is 0.150. The van der Waals surface area contributed by atoms with Crippen LogP contribution < -0.4 is 4.74 Å². The summed E-state index contributed by atoms with van der Waals surface area (Å²) in [6.45, 7) is 4.57. The molecule has 2 heteroatoms. The highest BCUT2D eigenvalue weighted by Crippen LogP contribution is 2.44. The Balaban J connectivity index is 1.12. The molecule has 3 aromatic rings. The van der Waals surface area contributed by atoms with Gasteiger partial charge in [-0.15, -0.1) is 0 Å². The number of carbonyl (C=O) groups is 1. The molecule has 0 spiro atoms. The summed E-state index contributed by atoms with van der Waals surface area (Å²) < 4.78 is 5.76. The van der Waals surface area contributed by atoms with Gasteiger partial charge in [0.05, 0.1) is 5.56 Å². The highest BCUT2D eigenvalue weighted by atomic mass is 16.5. The lowest BCUT2D eigenvalue weighted by molar-refractivity contribution is 0.0735. The molecular formula is C37H48O2. The largest absolute Gasteiger partial charge is 0.423 e. The first-order chi connectivity index (χ1) is 19.1. The van der Waals surface area contributed by atoms with Gasteiger partial charge in [-0.2, -0.15) is 0 Å². The Morgan fingerprint density at radius 2 is 1.38 bits per heavy atom. The molecule has 208 valence electrons. The molecule has 0 aromatic heterocycles. The van der Waals surface area contributed by atoms with Gasteiger partial charge in [-0.05, 0) is 121 Å². The minimum Gasteiger partial charge on any atom is -0.423 e. The number of benzene rings is 3. The summed E-state index contributed by atoms with van der Waals surface area (Å²) in [6.07, 6.45) is 18.9. The van der Waals surface area contributed by atoms with E-state index in [1.54, 1.807) is 0 Å². The van der Waals surface area contributed by atoms with Crippen LogP contribution in [0.4, 0.5) is 0 Å². The number of hydrogen-bond donors (Lipinski definition) is 0. The zero-order chi connectivity index (χ0) is 27.0. The van der Waals surface area contributed by atoms with E-state index >= 15 is 0 Å². The van der Waals surface area contributed by atoms with Crippen molar-refractivity contribution in [2.24, 2.45) is 17.8 Å². The second kappa shape index (κ2) is 13.6. The van der Waals surface area contributed by atoms with Crippen molar-refractivity contribution >= 4 is 16.7 Å². The van der Waals surface area contributed by atoms with Crippen molar-refractivity contribution in [3.05, 3.63) is 77.4 Å². The first kappa shape index (κ1) is 27.9. The Kier molecular flexibility index (Phi) is 9.77. The monoisotopic (exact) mass is 524 g/mol. The molecule has 5 rings (SSSR count). The standard InChI is InChI=1S/C37H48O2/c1-3-5-6-8-28-11-14-34-26-35(20-19-33(34)25-28)37(38)39-36-23-21-32(22-24-36)31-17-15-30(16-18-31)29-12-9-27(7-4-2)10-13-29/h11,14,19-27,29-31H,3-10,12-13,15-18H2,1-2H3/t27-,29-,30-,31-. The van der Waals surface area contributed by atoms with Gasteiger partial charge in [0.2, 0.25) is 0 Å². The summed E-state index contributed by atoms with van der Waals surface area (Å²) in [7, 11) is 0. The van der Waals surface area contributed by atoms with E-state index in [2.05, 4.69) is 44.2 Å². The molecule has 2 fully saturated rings. The third-order valence-electron chi connectivity index (χ3n) is 9.80. The molecule has 2 aliphatic rings. The summed E-state index contributed by atoms with van der Waals surface area (Å²) in [5.41, 5.74) is 3.38. The number of esters is 1. The Morgan fingerprint density at radius 3 is 2.08 bits per heavy atom. The fourth-order valence-electron chi connectivity index (χ4n) is 7.41. The van der Waals surface area contributed by atoms with Crippen LogP contribution >= 0.6 is 0 Å². The molecule has 0 aliphatic heterocycles. The average molecular weight is 525 g/mol. The number of fused-ring (bicyclic) bond motifs is 1. The molecule has 0 atom stereocenters. The van der Waals surface area contributed by atoms with E-state index in [0.29, 0.717) is 17.2 Å². The van der Waals surface area contributed by atoms with Gasteiger partial charge in [0.25, 0.3) is 0 Å². The van der Waals surface area contributed by atoms with Gasteiger partial charge in [-0.1, -0.05) is 88.8 Å². The molecule has 0 N–H and O–H groups in total. The van der Waals surface area contributed by atoms with Crippen molar-refractivity contribution in [3.8, 4) is 5.75 Å². The Bertz CT molecular complexity index is 1190. The van der Waals surface area contributed by atoms with Crippen molar-refractivity contribution in [2.45, 2.75) is 110 Å². The van der Waals surface area contributed by atoms with Crippen LogP contribution in [0.15, 0.2) is 60.7 Å². The molecule has 39 heavy (non-hydrogen) atoms. The first-order valence-electron chi connectivity index (χ1n) is 16.0. The molecule has 2 aliphatic carbocycles. The molecule has 2 nitrogen and oxygen atoms in total. The van der Waals surface area contributed by atoms with Crippen LogP contribution in [-0.2, 0) is 6.42 Å². The van der Waals surface area contributed by atoms with E-state index in [4.69, 9.17) is 4.74 Å². The van der Waals surface area contributed by atoms with Gasteiger partial charge in [0, 0.05) is 0 Å². The number of aryl methyl sites for hydroxylation is 1. The maximum Gasteiger partial charge on any atom is 0.343 e. The van der Waals surface area contributed by atoms with Crippen LogP contribution in [0, 0.1) is 17.8 Å². The van der Waals surface area contributed by atoms with Gasteiger partial charge in [0.1, 0.15) is 5.75 Å². The Morgan fingerprint density at radius 1 is 0.718 bits per heavy atom. The first-order valence-corrected chi connectivity index (χ1v) is 16.0. The topological polar surface area (TPSA) is 26.3 Å². The number of carbonyl (C=O) groups excluding carboxylic acids is 1. The third-order valence-corrected chi connectivity index (χ3v) is 9.80. The van der Waals surface area contributed by atoms with E-state index in [1.807, 2.05) is 30.3 Å². The fraction of sp³-hybridized carbons (Fsp3) is 0.541. The minimum absolute atomic E-state index is 0.286. The highest BCUT2D eigenvalue weighted by molar-refractivity contribution is 5.96. The van der Waals surface area contributed by atoms with E-state index in [9.17, 15) is 4.79 Å². The lowest BCUT2D eigenvalue weighted by Gasteiger charge is -2.38. The SMILES string of the molecule is CCCCCc1ccc2cc(C(=O)Oc3ccc([C@H]4CC[C@H]([C@H]5CC[C@H](CCC)CC5)CC4)cc3)ccc2c1. The van der Waals surface area contributed by atoms with Crippen LogP contribution in [0.5, 0.6) is 5.75 Å². The number of ether oxygens (including phenoxy) is 1. The van der Waals surface area contributed by atoms with Gasteiger partial charge >= 0.3 is 5.97 Å². The molecule has 0 bridgehead atoms. The smallest absolute Gasteiger partial charge is 0.343 e. The van der Waals surface area contributed by atoms with Gasteiger partial charge in [-0.3, -0.25) is 0 Å². The van der Waals surface area contributed by atoms with Crippen molar-refractivity contribution in [1.29, 1.82) is 0 Å². The molecule has 0 unspecified atom stereocenters. The minimum atomic E-state index is -0.286. The fourth-order valence-corrected chi connectivity index (χ4v) is 7.41. The van der Waals surface area contributed by atoms with E-state index in [0.717, 1.165) is 29.6 Å². The summed E-state index contributed by atoms with van der Waals surface area (Å²) in [5, 5.41) is 2.27. The number of unbranched alkanes of at least 4 members (excludes halogenated alkanes) is 2. The molecule has 0 amide bonds. The van der Waals surface area contributed by atoms with Crippen LogP contribution in [0.25, 0.3) is 10.8 Å². The lowest BCUT2D eigenvalue weighted by Crippen LogP contribution is -2.25. The van der Waals surface area contributed by atoms with E-state index in [1.165, 1.54) is 100.0 Å². The van der Waals surface area contributed by atoms with Crippen molar-refractivity contribution in [2.75, 3.05) is 0 Å². The van der Waals surface area contributed by atoms with E-state index < -0.39 is 0 Å². The summed E-state index contributed by atoms with van der Waals surface area (Å²) in [5.74, 6) is 3.92. The van der Waals surface area contributed by atoms with Gasteiger partial charge in [0.15, 0.2) is 0 Å². The average Bonchev–Trinajstić information content (AvgIpc) is 2.98. The predicted molar refractivity (Wildman–Crippen MR) is 164 cm³/mol. The molecule has 0 saturated heterocycles. The molecule has 0 radical (unpaired) electrons. The molecule has 2 saturated carbocycles. The van der Waals surface area contributed by atoms with E-state index in [-0.39, 0.29) is 5.97 Å². The Labute approximate surface area is 236 Å². The second-order valence-corrected chi connectivity index (χ2v) is 12.5. The summed E-state index contributed by atoms with van der Waals surface area (Å²) >= 11 is 0. The van der Waals surface area contributed by atoms with Crippen LogP contribution in [0.1, 0.15) is 125 Å².